The molecule has 0 atom stereocenters. The molecule has 0 radical (unpaired) electrons. The predicted molar refractivity (Wildman–Crippen MR) is 104 cm³/mol. The zero-order chi connectivity index (χ0) is 20.0. The number of aryl methyl sites for hydroxylation is 1. The zero-order valence-electron chi connectivity index (χ0n) is 14.8. The third-order valence-electron chi connectivity index (χ3n) is 3.45. The quantitative estimate of drug-likeness (QED) is 0.534. The fourth-order valence-corrected chi connectivity index (χ4v) is 3.24. The number of thiophene rings is 1. The van der Waals surface area contributed by atoms with Gasteiger partial charge in [0, 0.05) is 4.88 Å². The molecule has 0 aliphatic heterocycles. The number of nitrogen functional groups attached to an aromatic ring is 1. The number of hydrogen-bond acceptors (Lipinski definition) is 7. The van der Waals surface area contributed by atoms with E-state index in [1.54, 1.807) is 13.0 Å². The summed E-state index contributed by atoms with van der Waals surface area (Å²) in [5, 5.41) is 3.27. The lowest BCUT2D eigenvalue weighted by Crippen LogP contribution is -2.21. The average molecular weight is 411 g/mol. The van der Waals surface area contributed by atoms with Gasteiger partial charge in [0.05, 0.1) is 28.4 Å². The van der Waals surface area contributed by atoms with Crippen LogP contribution in [-0.4, -0.2) is 31.1 Å². The maximum absolute atomic E-state index is 12.1. The SMILES string of the molecule is CCOC(=O)c1cc(CC)sc1NC(=O)COC(=O)c1ccc(Cl)c(N)c1. The van der Waals surface area contributed by atoms with Crippen LogP contribution in [0.3, 0.4) is 0 Å². The van der Waals surface area contributed by atoms with Crippen LogP contribution in [0.2, 0.25) is 5.02 Å². The Morgan fingerprint density at radius 3 is 2.52 bits per heavy atom. The largest absolute Gasteiger partial charge is 0.462 e. The van der Waals surface area contributed by atoms with E-state index in [-0.39, 0.29) is 23.4 Å². The third-order valence-corrected chi connectivity index (χ3v) is 4.98. The van der Waals surface area contributed by atoms with Gasteiger partial charge in [-0.1, -0.05) is 18.5 Å². The van der Waals surface area contributed by atoms with Gasteiger partial charge in [-0.25, -0.2) is 9.59 Å². The summed E-state index contributed by atoms with van der Waals surface area (Å²) in [5.74, 6) is -1.79. The highest BCUT2D eigenvalue weighted by atomic mass is 35.5. The van der Waals surface area contributed by atoms with Crippen molar-refractivity contribution in [2.24, 2.45) is 0 Å². The van der Waals surface area contributed by atoms with E-state index in [0.29, 0.717) is 16.4 Å². The highest BCUT2D eigenvalue weighted by molar-refractivity contribution is 7.16. The molecule has 144 valence electrons. The predicted octanol–water partition coefficient (Wildman–Crippen LogP) is 3.52. The van der Waals surface area contributed by atoms with Crippen LogP contribution in [0, 0.1) is 0 Å². The molecule has 1 aromatic heterocycles. The normalized spacial score (nSPS) is 10.3. The maximum Gasteiger partial charge on any atom is 0.341 e. The van der Waals surface area contributed by atoms with E-state index < -0.39 is 24.5 Å². The maximum atomic E-state index is 12.1. The second-order valence-corrected chi connectivity index (χ2v) is 6.93. The number of esters is 2. The molecule has 0 bridgehead atoms. The first-order chi connectivity index (χ1) is 12.8. The number of amides is 1. The van der Waals surface area contributed by atoms with Crippen molar-refractivity contribution >= 4 is 51.5 Å². The molecule has 0 spiro atoms. The number of anilines is 2. The van der Waals surface area contributed by atoms with Gasteiger partial charge in [-0.2, -0.15) is 0 Å². The molecule has 7 nitrogen and oxygen atoms in total. The molecule has 2 aromatic rings. The van der Waals surface area contributed by atoms with Crippen LogP contribution in [-0.2, 0) is 20.7 Å². The standard InChI is InChI=1S/C18H19ClN2O5S/c1-3-11-8-12(18(24)25-4-2)16(27-11)21-15(22)9-26-17(23)10-5-6-13(19)14(20)7-10/h5-8H,3-4,9,20H2,1-2H3,(H,21,22). The minimum absolute atomic E-state index is 0.182. The van der Waals surface area contributed by atoms with Crippen molar-refractivity contribution in [3.63, 3.8) is 0 Å². The lowest BCUT2D eigenvalue weighted by atomic mass is 10.2. The first-order valence-corrected chi connectivity index (χ1v) is 9.37. The van der Waals surface area contributed by atoms with Crippen LogP contribution < -0.4 is 11.1 Å². The minimum atomic E-state index is -0.709. The van der Waals surface area contributed by atoms with Crippen LogP contribution >= 0.6 is 22.9 Å². The molecular formula is C18H19ClN2O5S. The molecule has 0 fully saturated rings. The van der Waals surface area contributed by atoms with Crippen molar-refractivity contribution < 1.29 is 23.9 Å². The molecule has 0 saturated heterocycles. The van der Waals surface area contributed by atoms with E-state index >= 15 is 0 Å². The van der Waals surface area contributed by atoms with Crippen LogP contribution in [0.1, 0.15) is 39.4 Å². The van der Waals surface area contributed by atoms with Gasteiger partial charge < -0.3 is 20.5 Å². The molecule has 0 saturated carbocycles. The number of carbonyl (C=O) groups is 3. The highest BCUT2D eigenvalue weighted by Gasteiger charge is 2.19. The summed E-state index contributed by atoms with van der Waals surface area (Å²) in [7, 11) is 0. The van der Waals surface area contributed by atoms with Gasteiger partial charge in [-0.3, -0.25) is 4.79 Å². The van der Waals surface area contributed by atoms with Crippen LogP contribution in [0.25, 0.3) is 0 Å². The van der Waals surface area contributed by atoms with E-state index in [0.717, 1.165) is 4.88 Å². The van der Waals surface area contributed by atoms with Crippen LogP contribution in [0.4, 0.5) is 10.7 Å². The Morgan fingerprint density at radius 1 is 1.15 bits per heavy atom. The Labute approximate surface area is 165 Å². The van der Waals surface area contributed by atoms with E-state index in [1.807, 2.05) is 6.92 Å². The monoisotopic (exact) mass is 410 g/mol. The van der Waals surface area contributed by atoms with Crippen molar-refractivity contribution in [3.05, 3.63) is 45.3 Å². The number of carbonyl (C=O) groups excluding carboxylic acids is 3. The summed E-state index contributed by atoms with van der Waals surface area (Å²) in [6.45, 7) is 3.35. The number of ether oxygens (including phenoxy) is 2. The van der Waals surface area contributed by atoms with E-state index in [9.17, 15) is 14.4 Å². The third kappa shape index (κ3) is 5.45. The van der Waals surface area contributed by atoms with Gasteiger partial charge >= 0.3 is 11.9 Å². The highest BCUT2D eigenvalue weighted by Crippen LogP contribution is 2.29. The smallest absolute Gasteiger partial charge is 0.341 e. The van der Waals surface area contributed by atoms with Crippen molar-refractivity contribution in [2.45, 2.75) is 20.3 Å². The van der Waals surface area contributed by atoms with Gasteiger partial charge in [-0.15, -0.1) is 11.3 Å². The second-order valence-electron chi connectivity index (χ2n) is 5.39. The molecule has 3 N–H and O–H groups in total. The second kappa shape index (κ2) is 9.38. The van der Waals surface area contributed by atoms with Crippen molar-refractivity contribution in [2.75, 3.05) is 24.3 Å². The van der Waals surface area contributed by atoms with Crippen molar-refractivity contribution in [3.8, 4) is 0 Å². The Kier molecular flexibility index (Phi) is 7.20. The van der Waals surface area contributed by atoms with Crippen molar-refractivity contribution in [1.29, 1.82) is 0 Å². The lowest BCUT2D eigenvalue weighted by Gasteiger charge is -2.08. The molecule has 1 amide bonds. The summed E-state index contributed by atoms with van der Waals surface area (Å²) in [6, 6.07) is 5.97. The van der Waals surface area contributed by atoms with Crippen LogP contribution in [0.5, 0.6) is 0 Å². The van der Waals surface area contributed by atoms with Gasteiger partial charge in [0.15, 0.2) is 6.61 Å². The van der Waals surface area contributed by atoms with Gasteiger partial charge in [0.2, 0.25) is 0 Å². The first-order valence-electron chi connectivity index (χ1n) is 8.17. The summed E-state index contributed by atoms with van der Waals surface area (Å²) in [5.41, 5.74) is 6.34. The Balaban J connectivity index is 2.01. The molecule has 0 aliphatic rings. The fourth-order valence-electron chi connectivity index (χ4n) is 2.12. The number of rotatable bonds is 7. The van der Waals surface area contributed by atoms with E-state index in [2.05, 4.69) is 5.32 Å². The number of nitrogens with one attached hydrogen (secondary N) is 1. The zero-order valence-corrected chi connectivity index (χ0v) is 16.4. The topological polar surface area (TPSA) is 108 Å². The summed E-state index contributed by atoms with van der Waals surface area (Å²) < 4.78 is 9.97. The number of nitrogens with two attached hydrogens (primary N) is 1. The molecule has 2 rings (SSSR count). The molecule has 9 heteroatoms. The first kappa shape index (κ1) is 20.7. The molecule has 1 aromatic carbocycles. The number of halogens is 1. The number of hydrogen-bond donors (Lipinski definition) is 2. The number of benzene rings is 1. The summed E-state index contributed by atoms with van der Waals surface area (Å²) in [4.78, 5) is 37.1. The molecule has 0 unspecified atom stereocenters. The Hall–Kier alpha value is -2.58. The molecule has 1 heterocycles. The lowest BCUT2D eigenvalue weighted by molar-refractivity contribution is -0.119. The van der Waals surface area contributed by atoms with E-state index in [1.165, 1.54) is 29.5 Å². The molecular weight excluding hydrogens is 392 g/mol. The minimum Gasteiger partial charge on any atom is -0.462 e. The van der Waals surface area contributed by atoms with Crippen LogP contribution in [0.15, 0.2) is 24.3 Å². The summed E-state index contributed by atoms with van der Waals surface area (Å²) >= 11 is 7.07. The van der Waals surface area contributed by atoms with Gasteiger partial charge in [-0.05, 0) is 37.6 Å². The van der Waals surface area contributed by atoms with E-state index in [4.69, 9.17) is 26.8 Å². The average Bonchev–Trinajstić information content (AvgIpc) is 3.05. The Morgan fingerprint density at radius 2 is 1.89 bits per heavy atom. The van der Waals surface area contributed by atoms with Gasteiger partial charge in [0.1, 0.15) is 5.00 Å². The molecule has 27 heavy (non-hydrogen) atoms. The Bertz CT molecular complexity index is 865. The fraction of sp³-hybridized carbons (Fsp3) is 0.278. The van der Waals surface area contributed by atoms with Gasteiger partial charge in [0.25, 0.3) is 5.91 Å². The molecule has 0 aliphatic carbocycles. The van der Waals surface area contributed by atoms with Crippen molar-refractivity contribution in [1.82, 2.24) is 0 Å². The summed E-state index contributed by atoms with van der Waals surface area (Å²) in [6.07, 6.45) is 0.708.